The van der Waals surface area contributed by atoms with E-state index in [1.807, 2.05) is 0 Å². The molecule has 10 heteroatoms. The van der Waals surface area contributed by atoms with Crippen molar-refractivity contribution in [2.24, 2.45) is 0 Å². The van der Waals surface area contributed by atoms with Crippen molar-refractivity contribution in [3.63, 3.8) is 0 Å². The zero-order valence-electron chi connectivity index (χ0n) is 14.7. The largest absolute Gasteiger partial charge is 0.467 e. The zero-order valence-corrected chi connectivity index (χ0v) is 15.4. The summed E-state index contributed by atoms with van der Waals surface area (Å²) in [5.41, 5.74) is -0.434. The van der Waals surface area contributed by atoms with Gasteiger partial charge in [-0.2, -0.15) is 13.2 Å². The average molecular weight is 405 g/mol. The summed E-state index contributed by atoms with van der Waals surface area (Å²) in [7, 11) is 1.16. The average Bonchev–Trinajstić information content (AvgIpc) is 2.60. The number of hydrogen-bond acceptors (Lipinski definition) is 6. The molecule has 2 aromatic rings. The third-order valence-electron chi connectivity index (χ3n) is 3.49. The van der Waals surface area contributed by atoms with Gasteiger partial charge in [-0.05, 0) is 31.5 Å². The van der Waals surface area contributed by atoms with Crippen LogP contribution in [0.5, 0.6) is 5.75 Å². The molecular formula is C17H16ClF3N2O4. The van der Waals surface area contributed by atoms with E-state index in [2.05, 4.69) is 14.7 Å². The minimum Gasteiger partial charge on any atom is -0.467 e. The molecule has 0 spiro atoms. The lowest BCUT2D eigenvalue weighted by Gasteiger charge is -2.17. The first-order valence-electron chi connectivity index (χ1n) is 7.72. The van der Waals surface area contributed by atoms with E-state index in [1.165, 1.54) is 13.1 Å². The van der Waals surface area contributed by atoms with Crippen LogP contribution < -0.4 is 4.74 Å². The topological polar surface area (TPSA) is 70.5 Å². The number of carbonyl (C=O) groups excluding carboxylic acids is 1. The van der Waals surface area contributed by atoms with Crippen LogP contribution in [0.25, 0.3) is 11.3 Å². The highest BCUT2D eigenvalue weighted by atomic mass is 35.5. The van der Waals surface area contributed by atoms with Gasteiger partial charge in [-0.25, -0.2) is 14.8 Å². The number of hydrogen-bond donors (Lipinski definition) is 0. The fourth-order valence-corrected chi connectivity index (χ4v) is 2.49. The number of aromatic nitrogens is 2. The predicted octanol–water partition coefficient (Wildman–Crippen LogP) is 4.28. The third-order valence-corrected chi connectivity index (χ3v) is 3.76. The Morgan fingerprint density at radius 1 is 1.30 bits per heavy atom. The Kier molecular flexibility index (Phi) is 6.61. The van der Waals surface area contributed by atoms with Crippen molar-refractivity contribution in [3.8, 4) is 17.0 Å². The molecule has 0 bridgehead atoms. The first-order chi connectivity index (χ1) is 12.7. The summed E-state index contributed by atoms with van der Waals surface area (Å²) < 4.78 is 54.3. The molecule has 2 rings (SSSR count). The normalized spacial score (nSPS) is 11.4. The molecule has 0 fully saturated rings. The summed E-state index contributed by atoms with van der Waals surface area (Å²) in [6.45, 7) is 3.28. The molecule has 0 N–H and O–H groups in total. The molecule has 0 atom stereocenters. The van der Waals surface area contributed by atoms with E-state index in [4.69, 9.17) is 21.1 Å². The molecule has 0 saturated heterocycles. The molecule has 1 aromatic carbocycles. The molecule has 146 valence electrons. The van der Waals surface area contributed by atoms with Crippen LogP contribution in [0.15, 0.2) is 18.3 Å². The van der Waals surface area contributed by atoms with E-state index in [0.717, 1.165) is 19.2 Å². The minimum absolute atomic E-state index is 0.0908. The maximum Gasteiger partial charge on any atom is 0.416 e. The molecule has 0 unspecified atom stereocenters. The van der Waals surface area contributed by atoms with Crippen LogP contribution in [0.4, 0.5) is 13.2 Å². The molecule has 1 heterocycles. The lowest BCUT2D eigenvalue weighted by atomic mass is 10.0. The van der Waals surface area contributed by atoms with E-state index in [0.29, 0.717) is 6.61 Å². The fraction of sp³-hybridized carbons (Fsp3) is 0.353. The highest BCUT2D eigenvalue weighted by Crippen LogP contribution is 2.39. The zero-order chi connectivity index (χ0) is 20.2. The Hall–Kier alpha value is -2.39. The summed E-state index contributed by atoms with van der Waals surface area (Å²) in [5, 5.41) is -0.241. The SMILES string of the molecule is CCOCOc1cc(C(F)(F)F)cc(C)c1-c1cnc(C(=O)OC)c(Cl)n1. The second-order valence-electron chi connectivity index (χ2n) is 5.31. The predicted molar refractivity (Wildman–Crippen MR) is 90.7 cm³/mol. The van der Waals surface area contributed by atoms with Crippen molar-refractivity contribution >= 4 is 17.6 Å². The third kappa shape index (κ3) is 4.86. The van der Waals surface area contributed by atoms with E-state index in [9.17, 15) is 18.0 Å². The molecular weight excluding hydrogens is 389 g/mol. The summed E-state index contributed by atoms with van der Waals surface area (Å²) in [6.07, 6.45) is -3.34. The molecule has 0 amide bonds. The number of carbonyl (C=O) groups is 1. The first kappa shape index (κ1) is 20.9. The lowest BCUT2D eigenvalue weighted by Crippen LogP contribution is -2.10. The van der Waals surface area contributed by atoms with Crippen molar-refractivity contribution in [1.82, 2.24) is 9.97 Å². The number of ether oxygens (including phenoxy) is 3. The van der Waals surface area contributed by atoms with Crippen molar-refractivity contribution in [2.75, 3.05) is 20.5 Å². The van der Waals surface area contributed by atoms with Crippen LogP contribution in [0, 0.1) is 6.92 Å². The fourth-order valence-electron chi connectivity index (χ4n) is 2.27. The second-order valence-corrected chi connectivity index (χ2v) is 5.66. The Labute approximate surface area is 158 Å². The van der Waals surface area contributed by atoms with E-state index < -0.39 is 17.7 Å². The van der Waals surface area contributed by atoms with Crippen molar-refractivity contribution in [1.29, 1.82) is 0 Å². The summed E-state index contributed by atoms with van der Waals surface area (Å²) in [4.78, 5) is 19.5. The van der Waals surface area contributed by atoms with Crippen LogP contribution in [-0.4, -0.2) is 36.4 Å². The van der Waals surface area contributed by atoms with Crippen LogP contribution in [0.2, 0.25) is 5.15 Å². The number of rotatable bonds is 6. The van der Waals surface area contributed by atoms with Crippen molar-refractivity contribution < 1.29 is 32.2 Å². The number of benzene rings is 1. The van der Waals surface area contributed by atoms with Gasteiger partial charge in [0.05, 0.1) is 24.6 Å². The number of esters is 1. The Morgan fingerprint density at radius 2 is 2.00 bits per heavy atom. The van der Waals surface area contributed by atoms with Crippen molar-refractivity contribution in [3.05, 3.63) is 40.3 Å². The molecule has 0 aliphatic heterocycles. The quantitative estimate of drug-likeness (QED) is 0.406. The molecule has 0 radical (unpaired) electrons. The number of alkyl halides is 3. The number of aryl methyl sites for hydroxylation is 1. The van der Waals surface area contributed by atoms with Gasteiger partial charge in [0.15, 0.2) is 17.6 Å². The Balaban J connectivity index is 2.57. The number of methoxy groups -OCH3 is 1. The highest BCUT2D eigenvalue weighted by molar-refractivity contribution is 6.32. The van der Waals surface area contributed by atoms with Crippen LogP contribution in [0.3, 0.4) is 0 Å². The summed E-state index contributed by atoms with van der Waals surface area (Å²) >= 11 is 5.97. The van der Waals surface area contributed by atoms with Gasteiger partial charge in [-0.1, -0.05) is 11.6 Å². The van der Waals surface area contributed by atoms with Crippen molar-refractivity contribution in [2.45, 2.75) is 20.0 Å². The van der Waals surface area contributed by atoms with Crippen LogP contribution in [-0.2, 0) is 15.7 Å². The monoisotopic (exact) mass is 404 g/mol. The van der Waals surface area contributed by atoms with Gasteiger partial charge in [0.1, 0.15) is 5.75 Å². The molecule has 6 nitrogen and oxygen atoms in total. The van der Waals surface area contributed by atoms with Gasteiger partial charge in [0.2, 0.25) is 0 Å². The summed E-state index contributed by atoms with van der Waals surface area (Å²) in [6, 6.07) is 1.82. The highest BCUT2D eigenvalue weighted by Gasteiger charge is 2.32. The molecule has 1 aromatic heterocycles. The van der Waals surface area contributed by atoms with Gasteiger partial charge in [0, 0.05) is 12.2 Å². The van der Waals surface area contributed by atoms with Gasteiger partial charge >= 0.3 is 12.1 Å². The molecule has 0 saturated carbocycles. The van der Waals surface area contributed by atoms with Crippen LogP contribution in [0.1, 0.15) is 28.5 Å². The summed E-state index contributed by atoms with van der Waals surface area (Å²) in [5.74, 6) is -0.872. The van der Waals surface area contributed by atoms with Gasteiger partial charge in [-0.3, -0.25) is 0 Å². The first-order valence-corrected chi connectivity index (χ1v) is 8.10. The van der Waals surface area contributed by atoms with E-state index in [-0.39, 0.29) is 40.2 Å². The molecule has 0 aliphatic carbocycles. The maximum atomic E-state index is 13.1. The Morgan fingerprint density at radius 3 is 2.56 bits per heavy atom. The lowest BCUT2D eigenvalue weighted by molar-refractivity contribution is -0.137. The molecule has 27 heavy (non-hydrogen) atoms. The second kappa shape index (κ2) is 8.53. The van der Waals surface area contributed by atoms with Gasteiger partial charge in [0.25, 0.3) is 0 Å². The smallest absolute Gasteiger partial charge is 0.416 e. The minimum atomic E-state index is -4.55. The molecule has 0 aliphatic rings. The number of halogens is 4. The van der Waals surface area contributed by atoms with E-state index >= 15 is 0 Å². The standard InChI is InChI=1S/C17H16ClF3N2O4/c1-4-26-8-27-12-6-10(17(19,20)21)5-9(2)13(12)11-7-22-14(15(18)23-11)16(24)25-3/h5-7H,4,8H2,1-3H3. The Bertz CT molecular complexity index is 844. The van der Waals surface area contributed by atoms with Crippen LogP contribution >= 0.6 is 11.6 Å². The van der Waals surface area contributed by atoms with Gasteiger partial charge < -0.3 is 14.2 Å². The number of nitrogens with zero attached hydrogens (tertiary/aromatic N) is 2. The van der Waals surface area contributed by atoms with Gasteiger partial charge in [-0.15, -0.1) is 0 Å². The maximum absolute atomic E-state index is 13.1. The van der Waals surface area contributed by atoms with E-state index in [1.54, 1.807) is 6.92 Å².